The van der Waals surface area contributed by atoms with Gasteiger partial charge in [-0.2, -0.15) is 5.26 Å². The van der Waals surface area contributed by atoms with Crippen LogP contribution >= 0.6 is 0 Å². The van der Waals surface area contributed by atoms with Gasteiger partial charge in [-0.05, 0) is 46.0 Å². The third kappa shape index (κ3) is 5.05. The molecule has 1 heterocycles. The van der Waals surface area contributed by atoms with E-state index in [9.17, 15) is 5.26 Å². The minimum Gasteiger partial charge on any atom is -0.301 e. The largest absolute Gasteiger partial charge is 0.301 e. The molecule has 0 radical (unpaired) electrons. The van der Waals surface area contributed by atoms with Gasteiger partial charge in [-0.3, -0.25) is 5.32 Å². The first-order valence-electron chi connectivity index (χ1n) is 8.14. The molecule has 1 unspecified atom stereocenters. The van der Waals surface area contributed by atoms with Crippen LogP contribution in [0, 0.1) is 17.2 Å². The van der Waals surface area contributed by atoms with Crippen molar-refractivity contribution in [1.82, 2.24) is 15.1 Å². The second-order valence-electron chi connectivity index (χ2n) is 7.08. The van der Waals surface area contributed by atoms with E-state index in [2.05, 4.69) is 35.0 Å². The fourth-order valence-corrected chi connectivity index (χ4v) is 3.04. The maximum Gasteiger partial charge on any atom is 0.105 e. The highest BCUT2D eigenvalue weighted by molar-refractivity contribution is 5.04. The molecule has 1 atom stereocenters. The lowest BCUT2D eigenvalue weighted by Gasteiger charge is -2.36. The SMILES string of the molecule is CC(C)NC(C)(C#N)CCN1CCN(CC2CC2)CC1. The van der Waals surface area contributed by atoms with Crippen molar-refractivity contribution in [2.45, 2.75) is 51.6 Å². The van der Waals surface area contributed by atoms with Crippen LogP contribution < -0.4 is 5.32 Å². The molecule has 1 saturated carbocycles. The van der Waals surface area contributed by atoms with Crippen molar-refractivity contribution < 1.29 is 0 Å². The van der Waals surface area contributed by atoms with Crippen LogP contribution in [-0.4, -0.2) is 60.6 Å². The molecule has 1 N–H and O–H groups in total. The number of nitriles is 1. The zero-order chi connectivity index (χ0) is 14.6. The summed E-state index contributed by atoms with van der Waals surface area (Å²) >= 11 is 0. The second kappa shape index (κ2) is 6.89. The van der Waals surface area contributed by atoms with Gasteiger partial charge in [-0.25, -0.2) is 0 Å². The van der Waals surface area contributed by atoms with Gasteiger partial charge >= 0.3 is 0 Å². The van der Waals surface area contributed by atoms with Gasteiger partial charge in [0.1, 0.15) is 5.54 Å². The first kappa shape index (κ1) is 15.8. The Bertz CT molecular complexity index is 337. The predicted octanol–water partition coefficient (Wildman–Crippen LogP) is 1.68. The zero-order valence-electron chi connectivity index (χ0n) is 13.4. The summed E-state index contributed by atoms with van der Waals surface area (Å²) in [6, 6.07) is 2.80. The molecular formula is C16H30N4. The summed E-state index contributed by atoms with van der Waals surface area (Å²) in [5, 5.41) is 12.8. The monoisotopic (exact) mass is 278 g/mol. The maximum atomic E-state index is 9.37. The first-order valence-corrected chi connectivity index (χ1v) is 8.14. The van der Waals surface area contributed by atoms with Gasteiger partial charge in [0.05, 0.1) is 6.07 Å². The Morgan fingerprint density at radius 3 is 2.30 bits per heavy atom. The van der Waals surface area contributed by atoms with E-state index >= 15 is 0 Å². The average molecular weight is 278 g/mol. The highest BCUT2D eigenvalue weighted by atomic mass is 15.3. The Hall–Kier alpha value is -0.630. The summed E-state index contributed by atoms with van der Waals surface area (Å²) in [6.45, 7) is 13.3. The average Bonchev–Trinajstić information content (AvgIpc) is 3.21. The van der Waals surface area contributed by atoms with E-state index in [-0.39, 0.29) is 5.54 Å². The van der Waals surface area contributed by atoms with E-state index < -0.39 is 0 Å². The standard InChI is InChI=1S/C16H30N4/c1-14(2)18-16(3,13-17)6-7-19-8-10-20(11-9-19)12-15-4-5-15/h14-15,18H,4-12H2,1-3H3. The molecule has 2 rings (SSSR count). The number of piperazine rings is 1. The molecule has 0 aromatic rings. The van der Waals surface area contributed by atoms with E-state index in [0.29, 0.717) is 6.04 Å². The number of nitrogens with zero attached hydrogens (tertiary/aromatic N) is 3. The minimum atomic E-state index is -0.390. The molecule has 20 heavy (non-hydrogen) atoms. The van der Waals surface area contributed by atoms with E-state index in [1.54, 1.807) is 0 Å². The molecule has 2 fully saturated rings. The topological polar surface area (TPSA) is 42.3 Å². The molecule has 4 heteroatoms. The van der Waals surface area contributed by atoms with Crippen molar-refractivity contribution in [3.8, 4) is 6.07 Å². The van der Waals surface area contributed by atoms with Crippen molar-refractivity contribution in [1.29, 1.82) is 5.26 Å². The van der Waals surface area contributed by atoms with Crippen molar-refractivity contribution in [3.05, 3.63) is 0 Å². The first-order chi connectivity index (χ1) is 9.50. The Morgan fingerprint density at radius 1 is 1.20 bits per heavy atom. The number of hydrogen-bond acceptors (Lipinski definition) is 4. The molecule has 0 spiro atoms. The molecule has 0 bridgehead atoms. The number of hydrogen-bond donors (Lipinski definition) is 1. The Kier molecular flexibility index (Phi) is 5.42. The van der Waals surface area contributed by atoms with Crippen LogP contribution in [0.4, 0.5) is 0 Å². The van der Waals surface area contributed by atoms with Crippen LogP contribution in [0.3, 0.4) is 0 Å². The van der Waals surface area contributed by atoms with E-state index in [0.717, 1.165) is 32.0 Å². The molecular weight excluding hydrogens is 248 g/mol. The summed E-state index contributed by atoms with van der Waals surface area (Å²) in [5.74, 6) is 0.999. The molecule has 0 aromatic heterocycles. The molecule has 1 aliphatic carbocycles. The fourth-order valence-electron chi connectivity index (χ4n) is 3.04. The van der Waals surface area contributed by atoms with Crippen LogP contribution in [0.5, 0.6) is 0 Å². The fraction of sp³-hybridized carbons (Fsp3) is 0.938. The zero-order valence-corrected chi connectivity index (χ0v) is 13.4. The summed E-state index contributed by atoms with van der Waals surface area (Å²) in [7, 11) is 0. The predicted molar refractivity (Wildman–Crippen MR) is 82.5 cm³/mol. The third-order valence-electron chi connectivity index (χ3n) is 4.46. The van der Waals surface area contributed by atoms with Crippen molar-refractivity contribution >= 4 is 0 Å². The van der Waals surface area contributed by atoms with Crippen LogP contribution in [0.15, 0.2) is 0 Å². The van der Waals surface area contributed by atoms with E-state index in [4.69, 9.17) is 0 Å². The maximum absolute atomic E-state index is 9.37. The lowest BCUT2D eigenvalue weighted by atomic mass is 9.98. The highest BCUT2D eigenvalue weighted by Gasteiger charge is 2.28. The molecule has 0 amide bonds. The summed E-state index contributed by atoms with van der Waals surface area (Å²) in [5.41, 5.74) is -0.390. The summed E-state index contributed by atoms with van der Waals surface area (Å²) in [6.07, 6.45) is 3.80. The van der Waals surface area contributed by atoms with Gasteiger partial charge in [-0.15, -0.1) is 0 Å². The molecule has 1 aliphatic heterocycles. The molecule has 4 nitrogen and oxygen atoms in total. The van der Waals surface area contributed by atoms with Crippen molar-refractivity contribution in [3.63, 3.8) is 0 Å². The number of nitrogens with one attached hydrogen (secondary N) is 1. The molecule has 114 valence electrons. The van der Waals surface area contributed by atoms with Crippen LogP contribution in [0.2, 0.25) is 0 Å². The van der Waals surface area contributed by atoms with Gasteiger partial charge in [0.2, 0.25) is 0 Å². The Balaban J connectivity index is 1.67. The molecule has 1 saturated heterocycles. The van der Waals surface area contributed by atoms with Crippen molar-refractivity contribution in [2.24, 2.45) is 5.92 Å². The smallest absolute Gasteiger partial charge is 0.105 e. The van der Waals surface area contributed by atoms with Gasteiger partial charge in [-0.1, -0.05) is 0 Å². The van der Waals surface area contributed by atoms with Crippen molar-refractivity contribution in [2.75, 3.05) is 39.3 Å². The third-order valence-corrected chi connectivity index (χ3v) is 4.46. The van der Waals surface area contributed by atoms with E-state index in [1.807, 2.05) is 6.92 Å². The van der Waals surface area contributed by atoms with Gasteiger partial charge in [0.15, 0.2) is 0 Å². The Labute approximate surface area is 124 Å². The molecule has 2 aliphatic rings. The minimum absolute atomic E-state index is 0.357. The quantitative estimate of drug-likeness (QED) is 0.769. The normalized spacial score (nSPS) is 24.6. The number of rotatable bonds is 7. The second-order valence-corrected chi connectivity index (χ2v) is 7.08. The van der Waals surface area contributed by atoms with Gasteiger partial charge in [0, 0.05) is 45.3 Å². The highest BCUT2D eigenvalue weighted by Crippen LogP contribution is 2.29. The van der Waals surface area contributed by atoms with Crippen LogP contribution in [-0.2, 0) is 0 Å². The van der Waals surface area contributed by atoms with E-state index in [1.165, 1.54) is 32.5 Å². The van der Waals surface area contributed by atoms with Crippen LogP contribution in [0.25, 0.3) is 0 Å². The van der Waals surface area contributed by atoms with Crippen LogP contribution in [0.1, 0.15) is 40.0 Å². The Morgan fingerprint density at radius 2 is 1.80 bits per heavy atom. The summed E-state index contributed by atoms with van der Waals surface area (Å²) in [4.78, 5) is 5.13. The lowest BCUT2D eigenvalue weighted by molar-refractivity contribution is 0.121. The van der Waals surface area contributed by atoms with Gasteiger partial charge in [0.25, 0.3) is 0 Å². The molecule has 0 aromatic carbocycles. The lowest BCUT2D eigenvalue weighted by Crippen LogP contribution is -2.50. The summed E-state index contributed by atoms with van der Waals surface area (Å²) < 4.78 is 0. The van der Waals surface area contributed by atoms with Gasteiger partial charge < -0.3 is 9.80 Å².